The van der Waals surface area contributed by atoms with E-state index in [1.807, 2.05) is 16.8 Å². The Hall–Kier alpha value is -3.03. The Labute approximate surface area is 154 Å². The normalized spacial score (nSPS) is 10.8. The van der Waals surface area contributed by atoms with Gasteiger partial charge in [-0.25, -0.2) is 4.57 Å². The summed E-state index contributed by atoms with van der Waals surface area (Å²) >= 11 is 0. The molecule has 1 heterocycles. The lowest BCUT2D eigenvalue weighted by Crippen LogP contribution is -2.36. The van der Waals surface area contributed by atoms with E-state index < -0.39 is 7.92 Å². The summed E-state index contributed by atoms with van der Waals surface area (Å²) in [7, 11) is -0.637. The molecule has 0 saturated carbocycles. The van der Waals surface area contributed by atoms with Gasteiger partial charge in [0.05, 0.1) is 6.20 Å². The molecule has 0 unspecified atom stereocenters. The van der Waals surface area contributed by atoms with Crippen molar-refractivity contribution in [2.75, 3.05) is 5.73 Å². The van der Waals surface area contributed by atoms with Crippen molar-refractivity contribution < 1.29 is 4.57 Å². The highest BCUT2D eigenvalue weighted by Gasteiger charge is 2.17. The Kier molecular flexibility index (Phi) is 4.72. The van der Waals surface area contributed by atoms with Crippen LogP contribution in [0.1, 0.15) is 0 Å². The van der Waals surface area contributed by atoms with Crippen LogP contribution in [0.25, 0.3) is 5.69 Å². The minimum atomic E-state index is -0.637. The maximum absolute atomic E-state index is 6.06. The maximum atomic E-state index is 6.06. The van der Waals surface area contributed by atoms with Gasteiger partial charge < -0.3 is 0 Å². The highest BCUT2D eigenvalue weighted by atomic mass is 31.1. The van der Waals surface area contributed by atoms with Crippen molar-refractivity contribution in [2.45, 2.75) is 0 Å². The Morgan fingerprint density at radius 2 is 1.31 bits per heavy atom. The summed E-state index contributed by atoms with van der Waals surface area (Å²) in [5.41, 5.74) is 7.08. The smallest absolute Gasteiger partial charge is 0.287 e. The SMILES string of the molecule is Nc1nccc[n+]1-c1cccc(P(c2ccccc2)c2ccccc2)c1. The number of nitrogens with zero attached hydrogens (tertiary/aromatic N) is 2. The number of aromatic nitrogens is 2. The molecule has 0 radical (unpaired) electrons. The van der Waals surface area contributed by atoms with E-state index in [2.05, 4.69) is 89.9 Å². The molecule has 0 bridgehead atoms. The summed E-state index contributed by atoms with van der Waals surface area (Å²) < 4.78 is 1.91. The second kappa shape index (κ2) is 7.47. The third kappa shape index (κ3) is 3.35. The van der Waals surface area contributed by atoms with Gasteiger partial charge in [-0.15, -0.1) is 0 Å². The first-order valence-corrected chi connectivity index (χ1v) is 9.80. The van der Waals surface area contributed by atoms with E-state index in [1.54, 1.807) is 6.20 Å². The van der Waals surface area contributed by atoms with Crippen LogP contribution in [0.3, 0.4) is 0 Å². The predicted molar refractivity (Wildman–Crippen MR) is 109 cm³/mol. The van der Waals surface area contributed by atoms with Crippen LogP contribution in [0.15, 0.2) is 103 Å². The van der Waals surface area contributed by atoms with Gasteiger partial charge in [0.25, 0.3) is 0 Å². The first-order valence-electron chi connectivity index (χ1n) is 8.46. The van der Waals surface area contributed by atoms with Crippen molar-refractivity contribution >= 4 is 29.8 Å². The number of anilines is 1. The molecule has 0 aliphatic rings. The van der Waals surface area contributed by atoms with Crippen molar-refractivity contribution in [3.8, 4) is 5.69 Å². The zero-order chi connectivity index (χ0) is 17.8. The van der Waals surface area contributed by atoms with Gasteiger partial charge in [-0.2, -0.15) is 0 Å². The molecule has 3 aromatic carbocycles. The van der Waals surface area contributed by atoms with Gasteiger partial charge in [0.1, 0.15) is 11.9 Å². The zero-order valence-corrected chi connectivity index (χ0v) is 15.1. The molecule has 4 aromatic rings. The van der Waals surface area contributed by atoms with E-state index in [1.165, 1.54) is 15.9 Å². The number of nitrogens with two attached hydrogens (primary N) is 1. The van der Waals surface area contributed by atoms with Crippen LogP contribution in [0, 0.1) is 0 Å². The quantitative estimate of drug-likeness (QED) is 0.451. The maximum Gasteiger partial charge on any atom is 0.394 e. The van der Waals surface area contributed by atoms with Crippen LogP contribution < -0.4 is 26.2 Å². The average Bonchev–Trinajstić information content (AvgIpc) is 2.70. The van der Waals surface area contributed by atoms with E-state index >= 15 is 0 Å². The third-order valence-electron chi connectivity index (χ3n) is 4.17. The van der Waals surface area contributed by atoms with Crippen LogP contribution in [0.5, 0.6) is 0 Å². The van der Waals surface area contributed by atoms with Gasteiger partial charge in [0.2, 0.25) is 0 Å². The standard InChI is InChI=1S/C22H18N3P/c23-22-24-15-8-16-25(22)18-9-7-14-21(17-18)26(19-10-3-1-4-11-19)20-12-5-2-6-13-20/h1-17,23H/p+1. The van der Waals surface area contributed by atoms with E-state index in [0.717, 1.165) is 5.69 Å². The van der Waals surface area contributed by atoms with E-state index in [-0.39, 0.29) is 0 Å². The number of benzene rings is 3. The molecule has 0 aliphatic carbocycles. The molecule has 0 spiro atoms. The lowest BCUT2D eigenvalue weighted by atomic mass is 10.3. The summed E-state index contributed by atoms with van der Waals surface area (Å²) in [6, 6.07) is 31.8. The minimum Gasteiger partial charge on any atom is -0.287 e. The first kappa shape index (κ1) is 16.4. The molecular weight excluding hydrogens is 337 g/mol. The molecule has 4 heteroatoms. The molecule has 0 atom stereocenters. The van der Waals surface area contributed by atoms with Gasteiger partial charge in [-0.05, 0) is 36.0 Å². The van der Waals surface area contributed by atoms with Crippen molar-refractivity contribution in [1.29, 1.82) is 0 Å². The van der Waals surface area contributed by atoms with Gasteiger partial charge in [-0.1, -0.05) is 77.8 Å². The molecule has 126 valence electrons. The van der Waals surface area contributed by atoms with Crippen molar-refractivity contribution in [3.63, 3.8) is 0 Å². The Bertz CT molecular complexity index is 964. The van der Waals surface area contributed by atoms with Crippen LogP contribution in [0.2, 0.25) is 0 Å². The van der Waals surface area contributed by atoms with Gasteiger partial charge in [0.15, 0.2) is 0 Å². The van der Waals surface area contributed by atoms with E-state index in [9.17, 15) is 0 Å². The van der Waals surface area contributed by atoms with Crippen molar-refractivity contribution in [2.24, 2.45) is 0 Å². The van der Waals surface area contributed by atoms with Crippen LogP contribution in [-0.4, -0.2) is 4.98 Å². The fourth-order valence-corrected chi connectivity index (χ4v) is 5.32. The summed E-state index contributed by atoms with van der Waals surface area (Å²) in [6.07, 6.45) is 3.64. The van der Waals surface area contributed by atoms with E-state index in [4.69, 9.17) is 5.73 Å². The molecule has 3 nitrogen and oxygen atoms in total. The van der Waals surface area contributed by atoms with Gasteiger partial charge in [-0.3, -0.25) is 5.73 Å². The lowest BCUT2D eigenvalue weighted by molar-refractivity contribution is -0.583. The molecule has 4 rings (SSSR count). The molecule has 1 aromatic heterocycles. The Balaban J connectivity index is 1.85. The summed E-state index contributed by atoms with van der Waals surface area (Å²) in [5, 5.41) is 3.94. The molecular formula is C22H19N3P+. The average molecular weight is 356 g/mol. The number of hydrogen-bond donors (Lipinski definition) is 1. The van der Waals surface area contributed by atoms with Crippen LogP contribution in [0.4, 0.5) is 5.95 Å². The second-order valence-corrected chi connectivity index (χ2v) is 8.09. The second-order valence-electron chi connectivity index (χ2n) is 5.87. The Morgan fingerprint density at radius 3 is 1.92 bits per heavy atom. The highest BCUT2D eigenvalue weighted by molar-refractivity contribution is 7.79. The van der Waals surface area contributed by atoms with Gasteiger partial charge in [0, 0.05) is 6.07 Å². The van der Waals surface area contributed by atoms with Crippen molar-refractivity contribution in [1.82, 2.24) is 4.98 Å². The molecule has 0 aliphatic heterocycles. The molecule has 0 saturated heterocycles. The molecule has 0 amide bonds. The molecule has 26 heavy (non-hydrogen) atoms. The van der Waals surface area contributed by atoms with Crippen LogP contribution in [-0.2, 0) is 0 Å². The van der Waals surface area contributed by atoms with Crippen LogP contribution >= 0.6 is 7.92 Å². The summed E-state index contributed by atoms with van der Waals surface area (Å²) in [6.45, 7) is 0. The largest absolute Gasteiger partial charge is 0.394 e. The fraction of sp³-hybridized carbons (Fsp3) is 0. The van der Waals surface area contributed by atoms with E-state index in [0.29, 0.717) is 5.95 Å². The highest BCUT2D eigenvalue weighted by Crippen LogP contribution is 2.32. The minimum absolute atomic E-state index is 0.480. The first-order chi connectivity index (χ1) is 12.8. The van der Waals surface area contributed by atoms with Crippen molar-refractivity contribution in [3.05, 3.63) is 103 Å². The third-order valence-corrected chi connectivity index (χ3v) is 6.59. The number of nitrogen functional groups attached to an aromatic ring is 1. The van der Waals surface area contributed by atoms with Gasteiger partial charge >= 0.3 is 5.95 Å². The number of rotatable bonds is 4. The number of hydrogen-bond acceptors (Lipinski definition) is 2. The summed E-state index contributed by atoms with van der Waals surface area (Å²) in [5.74, 6) is 0.480. The zero-order valence-electron chi connectivity index (χ0n) is 14.2. The monoisotopic (exact) mass is 356 g/mol. The summed E-state index contributed by atoms with van der Waals surface area (Å²) in [4.78, 5) is 4.19. The predicted octanol–water partition coefficient (Wildman–Crippen LogP) is 2.70. The molecule has 0 fully saturated rings. The molecule has 2 N–H and O–H groups in total. The lowest BCUT2D eigenvalue weighted by Gasteiger charge is -2.19. The topological polar surface area (TPSA) is 42.8 Å². The fourth-order valence-electron chi connectivity index (χ4n) is 2.98. The Morgan fingerprint density at radius 1 is 0.692 bits per heavy atom.